The first kappa shape index (κ1) is 15.2. The Labute approximate surface area is 130 Å². The summed E-state index contributed by atoms with van der Waals surface area (Å²) in [6, 6.07) is 3.82. The Balaban J connectivity index is 2.11. The molecule has 0 radical (unpaired) electrons. The normalized spacial score (nSPS) is 19.8. The average molecular weight is 300 g/mol. The fraction of sp³-hybridized carbons (Fsp3) is 0.500. The molecule has 0 N–H and O–H groups in total. The van der Waals surface area contributed by atoms with Crippen molar-refractivity contribution in [2.24, 2.45) is 7.05 Å². The monoisotopic (exact) mass is 300 g/mol. The van der Waals surface area contributed by atoms with Crippen molar-refractivity contribution in [3.05, 3.63) is 23.9 Å². The second-order valence-electron chi connectivity index (χ2n) is 6.95. The molecule has 2 heterocycles. The first-order chi connectivity index (χ1) is 10.1. The molecule has 5 nitrogen and oxygen atoms in total. The Morgan fingerprint density at radius 1 is 1.18 bits per heavy atom. The summed E-state index contributed by atoms with van der Waals surface area (Å²) in [4.78, 5) is 12.0. The van der Waals surface area contributed by atoms with Crippen LogP contribution in [0.25, 0.3) is 10.9 Å². The molecule has 1 aromatic carbocycles. The molecule has 0 aliphatic carbocycles. The SMILES string of the molecule is CC(=O)c1cc(B2OC(C)(C)C(C)(C)O2)cc2cn(C)nc12. The number of hydrogen-bond donors (Lipinski definition) is 0. The van der Waals surface area contributed by atoms with Gasteiger partial charge in [0.05, 0.1) is 11.2 Å². The van der Waals surface area contributed by atoms with Crippen LogP contribution >= 0.6 is 0 Å². The topological polar surface area (TPSA) is 53.4 Å². The molecule has 0 spiro atoms. The molecule has 2 aromatic rings. The van der Waals surface area contributed by atoms with E-state index in [0.29, 0.717) is 5.56 Å². The van der Waals surface area contributed by atoms with E-state index in [4.69, 9.17) is 9.31 Å². The third-order valence-electron chi connectivity index (χ3n) is 4.65. The molecule has 0 unspecified atom stereocenters. The highest BCUT2D eigenvalue weighted by Gasteiger charge is 2.51. The summed E-state index contributed by atoms with van der Waals surface area (Å²) < 4.78 is 13.9. The number of fused-ring (bicyclic) bond motifs is 1. The van der Waals surface area contributed by atoms with E-state index in [1.807, 2.05) is 53.1 Å². The van der Waals surface area contributed by atoms with Gasteiger partial charge in [0.25, 0.3) is 0 Å². The zero-order valence-corrected chi connectivity index (χ0v) is 13.9. The van der Waals surface area contributed by atoms with Crippen molar-refractivity contribution in [3.63, 3.8) is 0 Å². The first-order valence-corrected chi connectivity index (χ1v) is 7.44. The maximum Gasteiger partial charge on any atom is 0.494 e. The number of nitrogens with zero attached hydrogens (tertiary/aromatic N) is 2. The number of rotatable bonds is 2. The highest BCUT2D eigenvalue weighted by Crippen LogP contribution is 2.36. The van der Waals surface area contributed by atoms with Crippen LogP contribution in [0.5, 0.6) is 0 Å². The van der Waals surface area contributed by atoms with Crippen LogP contribution in [0.15, 0.2) is 18.3 Å². The van der Waals surface area contributed by atoms with Crippen molar-refractivity contribution in [3.8, 4) is 0 Å². The number of ketones is 1. The van der Waals surface area contributed by atoms with Crippen LogP contribution in [0.1, 0.15) is 45.0 Å². The summed E-state index contributed by atoms with van der Waals surface area (Å²) in [5.74, 6) is -0.0120. The molecule has 1 fully saturated rings. The van der Waals surface area contributed by atoms with Crippen LogP contribution in [0.4, 0.5) is 0 Å². The van der Waals surface area contributed by atoms with Gasteiger partial charge in [0.2, 0.25) is 0 Å². The molecule has 0 atom stereocenters. The molecule has 0 amide bonds. The lowest BCUT2D eigenvalue weighted by atomic mass is 9.77. The van der Waals surface area contributed by atoms with E-state index in [1.165, 1.54) is 0 Å². The van der Waals surface area contributed by atoms with Gasteiger partial charge >= 0.3 is 7.12 Å². The van der Waals surface area contributed by atoms with Crippen LogP contribution in [0, 0.1) is 0 Å². The molecule has 1 saturated heterocycles. The molecule has 0 bridgehead atoms. The smallest absolute Gasteiger partial charge is 0.399 e. The Morgan fingerprint density at radius 3 is 2.32 bits per heavy atom. The van der Waals surface area contributed by atoms with Gasteiger partial charge in [0.1, 0.15) is 5.52 Å². The number of aryl methyl sites for hydroxylation is 1. The van der Waals surface area contributed by atoms with E-state index in [0.717, 1.165) is 16.4 Å². The van der Waals surface area contributed by atoms with Gasteiger partial charge in [0.15, 0.2) is 5.78 Å². The van der Waals surface area contributed by atoms with E-state index in [-0.39, 0.29) is 5.78 Å². The lowest BCUT2D eigenvalue weighted by Gasteiger charge is -2.32. The van der Waals surface area contributed by atoms with Crippen LogP contribution < -0.4 is 5.46 Å². The van der Waals surface area contributed by atoms with Crippen LogP contribution in [0.2, 0.25) is 0 Å². The van der Waals surface area contributed by atoms with E-state index in [2.05, 4.69) is 5.10 Å². The van der Waals surface area contributed by atoms with E-state index >= 15 is 0 Å². The Kier molecular flexibility index (Phi) is 3.24. The number of aromatic nitrogens is 2. The standard InChI is InChI=1S/C16H21BN2O3/c1-10(20)13-8-12(7-11-9-19(6)18-14(11)13)17-21-15(2,3)16(4,5)22-17/h7-9H,1-6H3. The second-order valence-corrected chi connectivity index (χ2v) is 6.95. The summed E-state index contributed by atoms with van der Waals surface area (Å²) in [7, 11) is 1.37. The summed E-state index contributed by atoms with van der Waals surface area (Å²) in [6.45, 7) is 9.61. The number of carbonyl (C=O) groups is 1. The molecule has 1 aliphatic rings. The average Bonchev–Trinajstić information content (AvgIpc) is 2.84. The quantitative estimate of drug-likeness (QED) is 0.629. The minimum atomic E-state index is -0.479. The van der Waals surface area contributed by atoms with Gasteiger partial charge < -0.3 is 9.31 Å². The molecule has 22 heavy (non-hydrogen) atoms. The maximum absolute atomic E-state index is 12.0. The van der Waals surface area contributed by atoms with Crippen molar-refractivity contribution in [2.45, 2.75) is 45.8 Å². The van der Waals surface area contributed by atoms with Crippen molar-refractivity contribution in [1.29, 1.82) is 0 Å². The van der Waals surface area contributed by atoms with E-state index < -0.39 is 18.3 Å². The maximum atomic E-state index is 12.0. The van der Waals surface area contributed by atoms with E-state index in [1.54, 1.807) is 11.6 Å². The predicted octanol–water partition coefficient (Wildman–Crippen LogP) is 2.08. The van der Waals surface area contributed by atoms with Crippen molar-refractivity contribution < 1.29 is 14.1 Å². The molecular formula is C16H21BN2O3. The summed E-state index contributed by atoms with van der Waals surface area (Å²) in [5, 5.41) is 5.29. The minimum absolute atomic E-state index is 0.0120. The zero-order chi connectivity index (χ0) is 16.3. The lowest BCUT2D eigenvalue weighted by molar-refractivity contribution is 0.00578. The van der Waals surface area contributed by atoms with Crippen molar-refractivity contribution >= 4 is 29.3 Å². The Hall–Kier alpha value is -1.66. The number of hydrogen-bond acceptors (Lipinski definition) is 4. The number of Topliss-reactive ketones (excluding diaryl/α,β-unsaturated/α-hetero) is 1. The third-order valence-corrected chi connectivity index (χ3v) is 4.65. The van der Waals surface area contributed by atoms with Gasteiger partial charge in [-0.05, 0) is 46.1 Å². The van der Waals surface area contributed by atoms with Crippen molar-refractivity contribution in [1.82, 2.24) is 9.78 Å². The Morgan fingerprint density at radius 2 is 1.77 bits per heavy atom. The summed E-state index contributed by atoms with van der Waals surface area (Å²) in [5.41, 5.74) is 1.36. The molecule has 1 aliphatic heterocycles. The van der Waals surface area contributed by atoms with Gasteiger partial charge in [-0.2, -0.15) is 5.10 Å². The molecule has 3 rings (SSSR count). The van der Waals surface area contributed by atoms with Crippen LogP contribution in [-0.2, 0) is 16.4 Å². The molecule has 116 valence electrons. The van der Waals surface area contributed by atoms with Crippen molar-refractivity contribution in [2.75, 3.05) is 0 Å². The fourth-order valence-electron chi connectivity index (χ4n) is 2.66. The summed E-state index contributed by atoms with van der Waals surface area (Å²) >= 11 is 0. The zero-order valence-electron chi connectivity index (χ0n) is 13.9. The minimum Gasteiger partial charge on any atom is -0.399 e. The van der Waals surface area contributed by atoms with Gasteiger partial charge in [-0.3, -0.25) is 9.48 Å². The number of benzene rings is 1. The van der Waals surface area contributed by atoms with E-state index in [9.17, 15) is 4.79 Å². The fourth-order valence-corrected chi connectivity index (χ4v) is 2.66. The predicted molar refractivity (Wildman–Crippen MR) is 86.4 cm³/mol. The summed E-state index contributed by atoms with van der Waals surface area (Å²) in [6.07, 6.45) is 1.90. The first-order valence-electron chi connectivity index (χ1n) is 7.44. The largest absolute Gasteiger partial charge is 0.494 e. The van der Waals surface area contributed by atoms with Crippen LogP contribution in [-0.4, -0.2) is 33.9 Å². The van der Waals surface area contributed by atoms with Gasteiger partial charge in [0, 0.05) is 24.2 Å². The van der Waals surface area contributed by atoms with Gasteiger partial charge in [-0.1, -0.05) is 6.07 Å². The van der Waals surface area contributed by atoms with Crippen LogP contribution in [0.3, 0.4) is 0 Å². The Bertz CT molecular complexity index is 748. The molecule has 0 saturated carbocycles. The highest BCUT2D eigenvalue weighted by atomic mass is 16.7. The molecule has 6 heteroatoms. The molecule has 1 aromatic heterocycles. The lowest BCUT2D eigenvalue weighted by Crippen LogP contribution is -2.41. The van der Waals surface area contributed by atoms with Gasteiger partial charge in [-0.15, -0.1) is 0 Å². The molecular weight excluding hydrogens is 279 g/mol. The van der Waals surface area contributed by atoms with Gasteiger partial charge in [-0.25, -0.2) is 0 Å². The second kappa shape index (κ2) is 4.67. The third kappa shape index (κ3) is 2.27. The highest BCUT2D eigenvalue weighted by molar-refractivity contribution is 6.62. The number of carbonyl (C=O) groups excluding carboxylic acids is 1.